The van der Waals surface area contributed by atoms with E-state index in [9.17, 15) is 0 Å². The van der Waals surface area contributed by atoms with Gasteiger partial charge in [-0.3, -0.25) is 0 Å². The molecule has 0 aromatic rings. The Kier molecular flexibility index (Phi) is 8.03. The topological polar surface area (TPSA) is 26.0 Å². The molecule has 1 unspecified atom stereocenters. The van der Waals surface area contributed by atoms with Crippen LogP contribution in [0.2, 0.25) is 0 Å². The lowest BCUT2D eigenvalue weighted by molar-refractivity contribution is 0.415. The Balaban J connectivity index is 3.20. The standard InChI is InChI=1S/C10H23N/c1-3-7-10(4-2)8-5-6-9-11/h10H,3-9,11H2,1-2H3. The van der Waals surface area contributed by atoms with Gasteiger partial charge in [-0.2, -0.15) is 0 Å². The van der Waals surface area contributed by atoms with Crippen molar-refractivity contribution in [2.75, 3.05) is 6.54 Å². The second-order valence-electron chi connectivity index (χ2n) is 3.35. The maximum Gasteiger partial charge on any atom is -0.00773 e. The minimum absolute atomic E-state index is 0.864. The third-order valence-electron chi connectivity index (χ3n) is 2.34. The van der Waals surface area contributed by atoms with Crippen molar-refractivity contribution >= 4 is 0 Å². The molecule has 0 saturated heterocycles. The van der Waals surface area contributed by atoms with Gasteiger partial charge in [0, 0.05) is 0 Å². The Hall–Kier alpha value is -0.0400. The van der Waals surface area contributed by atoms with Gasteiger partial charge >= 0.3 is 0 Å². The van der Waals surface area contributed by atoms with Gasteiger partial charge in [0.25, 0.3) is 0 Å². The van der Waals surface area contributed by atoms with Gasteiger partial charge in [0.15, 0.2) is 0 Å². The molecule has 0 amide bonds. The van der Waals surface area contributed by atoms with E-state index in [4.69, 9.17) is 5.73 Å². The molecule has 68 valence electrons. The fraction of sp³-hybridized carbons (Fsp3) is 1.00. The first-order valence-corrected chi connectivity index (χ1v) is 5.05. The summed E-state index contributed by atoms with van der Waals surface area (Å²) in [5.41, 5.74) is 5.43. The molecular formula is C10H23N. The molecule has 0 saturated carbocycles. The van der Waals surface area contributed by atoms with Crippen LogP contribution < -0.4 is 5.73 Å². The number of rotatable bonds is 7. The Morgan fingerprint density at radius 3 is 2.27 bits per heavy atom. The van der Waals surface area contributed by atoms with Gasteiger partial charge < -0.3 is 5.73 Å². The van der Waals surface area contributed by atoms with Gasteiger partial charge in [-0.05, 0) is 18.9 Å². The molecule has 0 aliphatic carbocycles. The first-order chi connectivity index (χ1) is 5.35. The van der Waals surface area contributed by atoms with Gasteiger partial charge in [0.05, 0.1) is 0 Å². The van der Waals surface area contributed by atoms with Crippen LogP contribution in [-0.4, -0.2) is 6.54 Å². The van der Waals surface area contributed by atoms with Crippen molar-refractivity contribution in [1.82, 2.24) is 0 Å². The molecule has 0 aromatic heterocycles. The molecule has 0 bridgehead atoms. The highest BCUT2D eigenvalue weighted by molar-refractivity contribution is 4.56. The predicted octanol–water partition coefficient (Wildman–Crippen LogP) is 2.94. The quantitative estimate of drug-likeness (QED) is 0.565. The average molecular weight is 157 g/mol. The number of unbranched alkanes of at least 4 members (excludes halogenated alkanes) is 1. The van der Waals surface area contributed by atoms with E-state index in [-0.39, 0.29) is 0 Å². The van der Waals surface area contributed by atoms with Gasteiger partial charge in [0.2, 0.25) is 0 Å². The second-order valence-corrected chi connectivity index (χ2v) is 3.35. The monoisotopic (exact) mass is 157 g/mol. The fourth-order valence-corrected chi connectivity index (χ4v) is 1.54. The zero-order chi connectivity index (χ0) is 8.53. The highest BCUT2D eigenvalue weighted by Gasteiger charge is 2.03. The van der Waals surface area contributed by atoms with E-state index in [2.05, 4.69) is 13.8 Å². The van der Waals surface area contributed by atoms with Gasteiger partial charge in [-0.1, -0.05) is 46.0 Å². The Morgan fingerprint density at radius 1 is 1.09 bits per heavy atom. The molecule has 0 fully saturated rings. The summed E-state index contributed by atoms with van der Waals surface area (Å²) in [6.07, 6.45) is 8.01. The van der Waals surface area contributed by atoms with Crippen LogP contribution in [0.1, 0.15) is 52.4 Å². The van der Waals surface area contributed by atoms with E-state index in [1.54, 1.807) is 0 Å². The summed E-state index contributed by atoms with van der Waals surface area (Å²) in [5.74, 6) is 0.964. The fourth-order valence-electron chi connectivity index (χ4n) is 1.54. The van der Waals surface area contributed by atoms with Crippen LogP contribution in [0.25, 0.3) is 0 Å². The van der Waals surface area contributed by atoms with Gasteiger partial charge in [-0.15, -0.1) is 0 Å². The van der Waals surface area contributed by atoms with Crippen LogP contribution in [0.4, 0.5) is 0 Å². The van der Waals surface area contributed by atoms with Crippen molar-refractivity contribution < 1.29 is 0 Å². The Morgan fingerprint density at radius 2 is 1.82 bits per heavy atom. The summed E-state index contributed by atoms with van der Waals surface area (Å²) in [6.45, 7) is 5.43. The van der Waals surface area contributed by atoms with Crippen LogP contribution in [0.5, 0.6) is 0 Å². The van der Waals surface area contributed by atoms with Crippen molar-refractivity contribution in [1.29, 1.82) is 0 Å². The molecule has 0 spiro atoms. The number of nitrogens with two attached hydrogens (primary N) is 1. The molecular weight excluding hydrogens is 134 g/mol. The molecule has 1 atom stereocenters. The summed E-state index contributed by atoms with van der Waals surface area (Å²) >= 11 is 0. The van der Waals surface area contributed by atoms with E-state index in [1.807, 2.05) is 0 Å². The molecule has 0 aromatic carbocycles. The lowest BCUT2D eigenvalue weighted by Crippen LogP contribution is -2.02. The summed E-state index contributed by atoms with van der Waals surface area (Å²) < 4.78 is 0. The molecule has 0 radical (unpaired) electrons. The third-order valence-corrected chi connectivity index (χ3v) is 2.34. The molecule has 0 aliphatic heterocycles. The zero-order valence-corrected chi connectivity index (χ0v) is 8.10. The van der Waals surface area contributed by atoms with E-state index >= 15 is 0 Å². The van der Waals surface area contributed by atoms with Crippen molar-refractivity contribution in [3.63, 3.8) is 0 Å². The predicted molar refractivity (Wildman–Crippen MR) is 51.6 cm³/mol. The van der Waals surface area contributed by atoms with E-state index in [0.717, 1.165) is 12.5 Å². The van der Waals surface area contributed by atoms with Crippen molar-refractivity contribution in [2.45, 2.75) is 52.4 Å². The molecule has 2 N–H and O–H groups in total. The lowest BCUT2D eigenvalue weighted by atomic mass is 9.95. The van der Waals surface area contributed by atoms with Crippen molar-refractivity contribution in [3.05, 3.63) is 0 Å². The van der Waals surface area contributed by atoms with Crippen LogP contribution in [0, 0.1) is 5.92 Å². The van der Waals surface area contributed by atoms with E-state index < -0.39 is 0 Å². The summed E-state index contributed by atoms with van der Waals surface area (Å²) in [4.78, 5) is 0. The summed E-state index contributed by atoms with van der Waals surface area (Å²) in [6, 6.07) is 0. The molecule has 0 aliphatic rings. The Bertz CT molecular complexity index is 71.3. The maximum atomic E-state index is 5.43. The lowest BCUT2D eigenvalue weighted by Gasteiger charge is -2.12. The minimum Gasteiger partial charge on any atom is -0.330 e. The Labute approximate surface area is 71.4 Å². The van der Waals surface area contributed by atoms with Gasteiger partial charge in [-0.25, -0.2) is 0 Å². The number of hydrogen-bond donors (Lipinski definition) is 1. The molecule has 1 nitrogen and oxygen atoms in total. The molecule has 1 heteroatoms. The smallest absolute Gasteiger partial charge is 0.00773 e. The van der Waals surface area contributed by atoms with Crippen LogP contribution in [0.15, 0.2) is 0 Å². The molecule has 0 rings (SSSR count). The summed E-state index contributed by atoms with van der Waals surface area (Å²) in [7, 11) is 0. The minimum atomic E-state index is 0.864. The van der Waals surface area contributed by atoms with Crippen LogP contribution >= 0.6 is 0 Å². The van der Waals surface area contributed by atoms with Crippen LogP contribution in [0.3, 0.4) is 0 Å². The normalized spacial score (nSPS) is 13.4. The average Bonchev–Trinajstić information content (AvgIpc) is 2.03. The first-order valence-electron chi connectivity index (χ1n) is 5.05. The third kappa shape index (κ3) is 6.36. The SMILES string of the molecule is CCCC(CC)CCCCN. The maximum absolute atomic E-state index is 5.43. The van der Waals surface area contributed by atoms with Gasteiger partial charge in [0.1, 0.15) is 0 Å². The molecule has 0 heterocycles. The van der Waals surface area contributed by atoms with Crippen molar-refractivity contribution in [2.24, 2.45) is 11.7 Å². The highest BCUT2D eigenvalue weighted by Crippen LogP contribution is 2.17. The molecule has 11 heavy (non-hydrogen) atoms. The van der Waals surface area contributed by atoms with Crippen LogP contribution in [-0.2, 0) is 0 Å². The second kappa shape index (κ2) is 8.06. The van der Waals surface area contributed by atoms with Crippen molar-refractivity contribution in [3.8, 4) is 0 Å². The summed E-state index contributed by atoms with van der Waals surface area (Å²) in [5, 5.41) is 0. The highest BCUT2D eigenvalue weighted by atomic mass is 14.5. The largest absolute Gasteiger partial charge is 0.330 e. The van der Waals surface area contributed by atoms with E-state index in [1.165, 1.54) is 38.5 Å². The van der Waals surface area contributed by atoms with E-state index in [0.29, 0.717) is 0 Å². The zero-order valence-electron chi connectivity index (χ0n) is 8.10. The first kappa shape index (κ1) is 11.0. The number of hydrogen-bond acceptors (Lipinski definition) is 1.